The van der Waals surface area contributed by atoms with Gasteiger partial charge in [0.15, 0.2) is 0 Å². The van der Waals surface area contributed by atoms with Crippen molar-refractivity contribution >= 4 is 5.69 Å². The molecule has 88 valence electrons. The van der Waals surface area contributed by atoms with E-state index < -0.39 is 0 Å². The van der Waals surface area contributed by atoms with Crippen LogP contribution >= 0.6 is 0 Å². The van der Waals surface area contributed by atoms with Crippen LogP contribution in [0.3, 0.4) is 0 Å². The minimum atomic E-state index is 0.356. The van der Waals surface area contributed by atoms with Crippen molar-refractivity contribution in [1.29, 1.82) is 0 Å². The molecule has 2 aromatic rings. The van der Waals surface area contributed by atoms with Crippen LogP contribution in [0.5, 0.6) is 0 Å². The molecular weight excluding hydrogens is 210 g/mol. The lowest BCUT2D eigenvalue weighted by molar-refractivity contribution is 0.767. The zero-order valence-electron chi connectivity index (χ0n) is 10.4. The van der Waals surface area contributed by atoms with Gasteiger partial charge in [0.1, 0.15) is 5.82 Å². The number of nitrogens with zero attached hydrogens (tertiary/aromatic N) is 2. The molecular formula is C14H17N3. The summed E-state index contributed by atoms with van der Waals surface area (Å²) in [5, 5.41) is 0. The van der Waals surface area contributed by atoms with Crippen LogP contribution in [0.15, 0.2) is 30.5 Å². The second-order valence-corrected chi connectivity index (χ2v) is 4.50. The van der Waals surface area contributed by atoms with E-state index in [-0.39, 0.29) is 0 Å². The molecule has 0 aliphatic heterocycles. The molecule has 3 heteroatoms. The molecule has 2 rings (SSSR count). The highest BCUT2D eigenvalue weighted by Crippen LogP contribution is 2.23. The third-order valence-corrected chi connectivity index (χ3v) is 2.74. The Morgan fingerprint density at radius 3 is 2.29 bits per heavy atom. The molecule has 0 bridgehead atoms. The molecule has 2 N–H and O–H groups in total. The Labute approximate surface area is 102 Å². The Morgan fingerprint density at radius 2 is 1.76 bits per heavy atom. The molecule has 0 saturated carbocycles. The van der Waals surface area contributed by atoms with E-state index in [0.717, 1.165) is 28.3 Å². The van der Waals surface area contributed by atoms with Crippen molar-refractivity contribution in [3.63, 3.8) is 0 Å². The highest BCUT2D eigenvalue weighted by atomic mass is 14.9. The molecule has 0 saturated heterocycles. The molecule has 0 aliphatic rings. The number of hydrogen-bond donors (Lipinski definition) is 1. The number of rotatable bonds is 2. The van der Waals surface area contributed by atoms with Gasteiger partial charge in [-0.2, -0.15) is 0 Å². The maximum Gasteiger partial charge on any atom is 0.131 e. The fraction of sp³-hybridized carbons (Fsp3) is 0.286. The van der Waals surface area contributed by atoms with E-state index in [4.69, 9.17) is 5.73 Å². The number of hydrogen-bond acceptors (Lipinski definition) is 3. The van der Waals surface area contributed by atoms with Crippen LogP contribution in [-0.4, -0.2) is 9.97 Å². The van der Waals surface area contributed by atoms with Crippen LogP contribution in [-0.2, 0) is 0 Å². The van der Waals surface area contributed by atoms with Gasteiger partial charge < -0.3 is 5.73 Å². The Hall–Kier alpha value is -1.90. The molecule has 17 heavy (non-hydrogen) atoms. The average Bonchev–Trinajstić information content (AvgIpc) is 2.30. The zero-order valence-corrected chi connectivity index (χ0v) is 10.4. The monoisotopic (exact) mass is 227 g/mol. The summed E-state index contributed by atoms with van der Waals surface area (Å²) in [6, 6.07) is 7.78. The summed E-state index contributed by atoms with van der Waals surface area (Å²) in [5.74, 6) is 1.25. The molecule has 0 spiro atoms. The van der Waals surface area contributed by atoms with Crippen molar-refractivity contribution in [2.24, 2.45) is 0 Å². The SMILES string of the molecule is Cc1nc(C(C)C)ncc1-c1ccc(N)cc1. The van der Waals surface area contributed by atoms with Crippen molar-refractivity contribution in [3.05, 3.63) is 42.0 Å². The van der Waals surface area contributed by atoms with Crippen molar-refractivity contribution < 1.29 is 0 Å². The summed E-state index contributed by atoms with van der Waals surface area (Å²) in [5.41, 5.74) is 9.62. The lowest BCUT2D eigenvalue weighted by atomic mass is 10.1. The van der Waals surface area contributed by atoms with Gasteiger partial charge in [-0.3, -0.25) is 0 Å². The van der Waals surface area contributed by atoms with Crippen LogP contribution in [0.1, 0.15) is 31.3 Å². The maximum absolute atomic E-state index is 5.68. The largest absolute Gasteiger partial charge is 0.399 e. The Bertz CT molecular complexity index is 515. The Morgan fingerprint density at radius 1 is 1.12 bits per heavy atom. The van der Waals surface area contributed by atoms with Crippen molar-refractivity contribution in [2.45, 2.75) is 26.7 Å². The molecule has 0 fully saturated rings. The van der Waals surface area contributed by atoms with Gasteiger partial charge in [0.25, 0.3) is 0 Å². The summed E-state index contributed by atoms with van der Waals surface area (Å²) in [6.07, 6.45) is 1.89. The fourth-order valence-electron chi connectivity index (χ4n) is 1.71. The molecule has 0 aliphatic carbocycles. The van der Waals surface area contributed by atoms with Gasteiger partial charge in [0, 0.05) is 29.1 Å². The number of benzene rings is 1. The number of aromatic nitrogens is 2. The van der Waals surface area contributed by atoms with Gasteiger partial charge in [-0.05, 0) is 24.6 Å². The number of nitrogen functional groups attached to an aromatic ring is 1. The first-order valence-electron chi connectivity index (χ1n) is 5.77. The zero-order chi connectivity index (χ0) is 12.4. The highest BCUT2D eigenvalue weighted by Gasteiger charge is 2.07. The molecule has 0 amide bonds. The lowest BCUT2D eigenvalue weighted by Gasteiger charge is -2.09. The molecule has 0 radical (unpaired) electrons. The lowest BCUT2D eigenvalue weighted by Crippen LogP contribution is -2.00. The topological polar surface area (TPSA) is 51.8 Å². The van der Waals surface area contributed by atoms with Crippen LogP contribution in [0, 0.1) is 6.92 Å². The van der Waals surface area contributed by atoms with Crippen LogP contribution < -0.4 is 5.73 Å². The van der Waals surface area contributed by atoms with Crippen molar-refractivity contribution in [3.8, 4) is 11.1 Å². The maximum atomic E-state index is 5.68. The van der Waals surface area contributed by atoms with E-state index in [9.17, 15) is 0 Å². The quantitative estimate of drug-likeness (QED) is 0.802. The third-order valence-electron chi connectivity index (χ3n) is 2.74. The van der Waals surface area contributed by atoms with Gasteiger partial charge in [0.2, 0.25) is 0 Å². The molecule has 0 unspecified atom stereocenters. The molecule has 1 aromatic heterocycles. The predicted octanol–water partition coefficient (Wildman–Crippen LogP) is 3.16. The van der Waals surface area contributed by atoms with Crippen LogP contribution in [0.2, 0.25) is 0 Å². The second-order valence-electron chi connectivity index (χ2n) is 4.50. The summed E-state index contributed by atoms with van der Waals surface area (Å²) in [6.45, 7) is 6.20. The molecule has 1 heterocycles. The molecule has 1 aromatic carbocycles. The minimum Gasteiger partial charge on any atom is -0.399 e. The third kappa shape index (κ3) is 2.44. The standard InChI is InChI=1S/C14H17N3/c1-9(2)14-16-8-13(10(3)17-14)11-4-6-12(15)7-5-11/h4-9H,15H2,1-3H3. The van der Waals surface area contributed by atoms with Crippen molar-refractivity contribution in [1.82, 2.24) is 9.97 Å². The first-order valence-corrected chi connectivity index (χ1v) is 5.77. The normalized spacial score (nSPS) is 10.8. The summed E-state index contributed by atoms with van der Waals surface area (Å²) >= 11 is 0. The first kappa shape index (κ1) is 11.6. The summed E-state index contributed by atoms with van der Waals surface area (Å²) in [7, 11) is 0. The second kappa shape index (κ2) is 4.53. The Kier molecular flexibility index (Phi) is 3.09. The van der Waals surface area contributed by atoms with E-state index >= 15 is 0 Å². The summed E-state index contributed by atoms with van der Waals surface area (Å²) in [4.78, 5) is 8.92. The Balaban J connectivity index is 2.43. The van der Waals surface area contributed by atoms with E-state index in [1.807, 2.05) is 37.4 Å². The van der Waals surface area contributed by atoms with Gasteiger partial charge >= 0.3 is 0 Å². The summed E-state index contributed by atoms with van der Waals surface area (Å²) < 4.78 is 0. The highest BCUT2D eigenvalue weighted by molar-refractivity contribution is 5.66. The van der Waals surface area contributed by atoms with Gasteiger partial charge in [-0.15, -0.1) is 0 Å². The van der Waals surface area contributed by atoms with Gasteiger partial charge in [-0.1, -0.05) is 26.0 Å². The van der Waals surface area contributed by atoms with Gasteiger partial charge in [0.05, 0.1) is 0 Å². The number of anilines is 1. The average molecular weight is 227 g/mol. The smallest absolute Gasteiger partial charge is 0.131 e. The minimum absolute atomic E-state index is 0.356. The van der Waals surface area contributed by atoms with Gasteiger partial charge in [-0.25, -0.2) is 9.97 Å². The van der Waals surface area contributed by atoms with Crippen LogP contribution in [0.4, 0.5) is 5.69 Å². The van der Waals surface area contributed by atoms with E-state index in [0.29, 0.717) is 5.92 Å². The van der Waals surface area contributed by atoms with E-state index in [1.54, 1.807) is 0 Å². The first-order chi connectivity index (χ1) is 8.08. The van der Waals surface area contributed by atoms with Crippen molar-refractivity contribution in [2.75, 3.05) is 5.73 Å². The van der Waals surface area contributed by atoms with E-state index in [2.05, 4.69) is 23.8 Å². The fourth-order valence-corrected chi connectivity index (χ4v) is 1.71. The number of aryl methyl sites for hydroxylation is 1. The number of nitrogens with two attached hydrogens (primary N) is 1. The molecule has 0 atom stereocenters. The predicted molar refractivity (Wildman–Crippen MR) is 70.7 cm³/mol. The molecule has 3 nitrogen and oxygen atoms in total. The van der Waals surface area contributed by atoms with E-state index in [1.165, 1.54) is 0 Å². The van der Waals surface area contributed by atoms with Crippen LogP contribution in [0.25, 0.3) is 11.1 Å².